The molecular formula is C20H28ClN3O4S. The van der Waals surface area contributed by atoms with Gasteiger partial charge in [0.2, 0.25) is 10.0 Å². The van der Waals surface area contributed by atoms with E-state index < -0.39 is 15.9 Å². The molecule has 9 heteroatoms. The van der Waals surface area contributed by atoms with Crippen LogP contribution in [0.25, 0.3) is 0 Å². The van der Waals surface area contributed by atoms with Gasteiger partial charge in [0.1, 0.15) is 12.4 Å². The van der Waals surface area contributed by atoms with E-state index in [9.17, 15) is 13.2 Å². The van der Waals surface area contributed by atoms with Crippen LogP contribution in [0.1, 0.15) is 29.8 Å². The van der Waals surface area contributed by atoms with Gasteiger partial charge < -0.3 is 15.4 Å². The number of amides is 1. The zero-order valence-electron chi connectivity index (χ0n) is 17.0. The molecule has 3 N–H and O–H groups in total. The van der Waals surface area contributed by atoms with Crippen LogP contribution in [0.5, 0.6) is 5.75 Å². The van der Waals surface area contributed by atoms with Gasteiger partial charge in [-0.05, 0) is 42.8 Å². The van der Waals surface area contributed by atoms with Gasteiger partial charge in [0.05, 0.1) is 17.5 Å². The number of benzene rings is 2. The maximum Gasteiger partial charge on any atom is 0.257 e. The second-order valence-electron chi connectivity index (χ2n) is 6.81. The summed E-state index contributed by atoms with van der Waals surface area (Å²) in [5, 5.41) is 6.07. The van der Waals surface area contributed by atoms with E-state index in [2.05, 4.69) is 29.2 Å². The molecule has 160 valence electrons. The van der Waals surface area contributed by atoms with E-state index in [0.29, 0.717) is 18.3 Å². The molecule has 0 aliphatic rings. The fourth-order valence-electron chi connectivity index (χ4n) is 2.57. The summed E-state index contributed by atoms with van der Waals surface area (Å²) in [7, 11) is -3.49. The molecule has 0 radical (unpaired) electrons. The maximum absolute atomic E-state index is 12.6. The van der Waals surface area contributed by atoms with Crippen LogP contribution in [0.4, 0.5) is 11.4 Å². The van der Waals surface area contributed by atoms with Crippen LogP contribution in [-0.4, -0.2) is 39.8 Å². The summed E-state index contributed by atoms with van der Waals surface area (Å²) in [4.78, 5) is 12.6. The topological polar surface area (TPSA) is 96.5 Å². The Balaban J connectivity index is 0.00000420. The van der Waals surface area contributed by atoms with E-state index >= 15 is 0 Å². The van der Waals surface area contributed by atoms with Gasteiger partial charge in [0.15, 0.2) is 0 Å². The number of carbonyl (C=O) groups is 1. The van der Waals surface area contributed by atoms with Crippen LogP contribution in [0, 0.1) is 6.92 Å². The first kappa shape index (κ1) is 24.7. The van der Waals surface area contributed by atoms with Crippen molar-refractivity contribution in [3.05, 3.63) is 53.6 Å². The Labute approximate surface area is 178 Å². The first-order valence-electron chi connectivity index (χ1n) is 9.00. The van der Waals surface area contributed by atoms with Gasteiger partial charge in [0, 0.05) is 18.3 Å². The molecule has 0 aliphatic carbocycles. The van der Waals surface area contributed by atoms with Crippen LogP contribution in [0.3, 0.4) is 0 Å². The molecule has 29 heavy (non-hydrogen) atoms. The highest BCUT2D eigenvalue weighted by Crippen LogP contribution is 2.23. The van der Waals surface area contributed by atoms with Gasteiger partial charge in [0.25, 0.3) is 5.91 Å². The average Bonchev–Trinajstić information content (AvgIpc) is 2.59. The standard InChI is InChI=1S/C20H27N3O4S.ClH/c1-14(2)21-11-12-27-19-10-9-16(13-15(19)3)22-20(24)17-7-5-6-8-18(17)23-28(4,25)26;/h5-10,13-14,21,23H,11-12H2,1-4H3,(H,22,24);1H. The van der Waals surface area contributed by atoms with Crippen molar-refractivity contribution in [2.75, 3.05) is 29.4 Å². The molecule has 2 aromatic rings. The molecule has 0 bridgehead atoms. The number of nitrogens with one attached hydrogen (secondary N) is 3. The van der Waals surface area contributed by atoms with Gasteiger partial charge in [-0.2, -0.15) is 0 Å². The highest BCUT2D eigenvalue weighted by molar-refractivity contribution is 7.92. The molecule has 0 saturated heterocycles. The summed E-state index contributed by atoms with van der Waals surface area (Å²) in [5.41, 5.74) is 1.97. The predicted molar refractivity (Wildman–Crippen MR) is 120 cm³/mol. The van der Waals surface area contributed by atoms with E-state index in [1.807, 2.05) is 13.0 Å². The number of anilines is 2. The summed E-state index contributed by atoms with van der Waals surface area (Å²) < 4.78 is 31.1. The highest BCUT2D eigenvalue weighted by Gasteiger charge is 2.14. The first-order valence-corrected chi connectivity index (χ1v) is 10.9. The van der Waals surface area contributed by atoms with Crippen molar-refractivity contribution in [2.45, 2.75) is 26.8 Å². The van der Waals surface area contributed by atoms with E-state index in [4.69, 9.17) is 4.74 Å². The molecular weight excluding hydrogens is 414 g/mol. The Hall–Kier alpha value is -2.29. The summed E-state index contributed by atoms with van der Waals surface area (Å²) in [6.07, 6.45) is 1.04. The third-order valence-electron chi connectivity index (χ3n) is 3.81. The molecule has 0 saturated carbocycles. The van der Waals surface area contributed by atoms with E-state index in [-0.39, 0.29) is 23.7 Å². The monoisotopic (exact) mass is 441 g/mol. The molecule has 0 atom stereocenters. The summed E-state index contributed by atoms with van der Waals surface area (Å²) >= 11 is 0. The summed E-state index contributed by atoms with van der Waals surface area (Å²) in [6, 6.07) is 12.2. The molecule has 0 spiro atoms. The number of halogens is 1. The third-order valence-corrected chi connectivity index (χ3v) is 4.40. The maximum atomic E-state index is 12.6. The normalized spacial score (nSPS) is 10.9. The van der Waals surface area contributed by atoms with Crippen LogP contribution in [0.2, 0.25) is 0 Å². The number of carbonyl (C=O) groups excluding carboxylic acids is 1. The van der Waals surface area contributed by atoms with Crippen LogP contribution in [-0.2, 0) is 10.0 Å². The Bertz CT molecular complexity index is 933. The number of hydrogen-bond donors (Lipinski definition) is 3. The molecule has 0 aliphatic heterocycles. The number of para-hydroxylation sites is 1. The van der Waals surface area contributed by atoms with Gasteiger partial charge in [-0.25, -0.2) is 8.42 Å². The Kier molecular flexibility index (Phi) is 9.42. The fraction of sp³-hybridized carbons (Fsp3) is 0.350. The van der Waals surface area contributed by atoms with Crippen molar-refractivity contribution < 1.29 is 17.9 Å². The minimum absolute atomic E-state index is 0. The largest absolute Gasteiger partial charge is 0.492 e. The number of ether oxygens (including phenoxy) is 1. The van der Waals surface area contributed by atoms with E-state index in [1.165, 1.54) is 0 Å². The van der Waals surface area contributed by atoms with Crippen molar-refractivity contribution in [3.63, 3.8) is 0 Å². The van der Waals surface area contributed by atoms with Gasteiger partial charge in [-0.3, -0.25) is 9.52 Å². The van der Waals surface area contributed by atoms with Crippen molar-refractivity contribution in [3.8, 4) is 5.75 Å². The molecule has 0 fully saturated rings. The summed E-state index contributed by atoms with van der Waals surface area (Å²) in [5.74, 6) is 0.351. The van der Waals surface area contributed by atoms with Crippen molar-refractivity contribution in [1.29, 1.82) is 0 Å². The van der Waals surface area contributed by atoms with E-state index in [0.717, 1.165) is 24.1 Å². The Morgan fingerprint density at radius 2 is 1.83 bits per heavy atom. The number of sulfonamides is 1. The van der Waals surface area contributed by atoms with Crippen LogP contribution in [0.15, 0.2) is 42.5 Å². The summed E-state index contributed by atoms with van der Waals surface area (Å²) in [6.45, 7) is 7.35. The zero-order valence-corrected chi connectivity index (χ0v) is 18.6. The molecule has 7 nitrogen and oxygen atoms in total. The minimum Gasteiger partial charge on any atom is -0.492 e. The molecule has 1 amide bonds. The van der Waals surface area contributed by atoms with Gasteiger partial charge in [-0.15, -0.1) is 12.4 Å². The molecule has 0 aromatic heterocycles. The number of hydrogen-bond acceptors (Lipinski definition) is 5. The predicted octanol–water partition coefficient (Wildman–Crippen LogP) is 3.42. The second-order valence-corrected chi connectivity index (χ2v) is 8.56. The molecule has 2 aromatic carbocycles. The quantitative estimate of drug-likeness (QED) is 0.518. The molecule has 0 heterocycles. The molecule has 2 rings (SSSR count). The number of aryl methyl sites for hydroxylation is 1. The lowest BCUT2D eigenvalue weighted by molar-refractivity contribution is 0.102. The van der Waals surface area contributed by atoms with Gasteiger partial charge >= 0.3 is 0 Å². The lowest BCUT2D eigenvalue weighted by Gasteiger charge is -2.14. The van der Waals surface area contributed by atoms with Crippen LogP contribution < -0.4 is 20.1 Å². The second kappa shape index (κ2) is 11.0. The third kappa shape index (κ3) is 8.31. The molecule has 0 unspecified atom stereocenters. The smallest absolute Gasteiger partial charge is 0.257 e. The Morgan fingerprint density at radius 1 is 1.14 bits per heavy atom. The van der Waals surface area contributed by atoms with Crippen molar-refractivity contribution in [1.82, 2.24) is 5.32 Å². The first-order chi connectivity index (χ1) is 13.2. The SMILES string of the molecule is Cc1cc(NC(=O)c2ccccc2NS(C)(=O)=O)ccc1OCCNC(C)C.Cl. The fourth-order valence-corrected chi connectivity index (χ4v) is 3.14. The van der Waals surface area contributed by atoms with E-state index in [1.54, 1.807) is 36.4 Å². The number of rotatable bonds is 9. The average molecular weight is 442 g/mol. The van der Waals surface area contributed by atoms with Crippen molar-refractivity contribution in [2.24, 2.45) is 0 Å². The lowest BCUT2D eigenvalue weighted by Crippen LogP contribution is -2.27. The highest BCUT2D eigenvalue weighted by atomic mass is 35.5. The van der Waals surface area contributed by atoms with Crippen LogP contribution >= 0.6 is 12.4 Å². The minimum atomic E-state index is -3.49. The van der Waals surface area contributed by atoms with Crippen molar-refractivity contribution >= 4 is 39.7 Å². The van der Waals surface area contributed by atoms with Gasteiger partial charge in [-0.1, -0.05) is 26.0 Å². The Morgan fingerprint density at radius 3 is 2.45 bits per heavy atom. The lowest BCUT2D eigenvalue weighted by atomic mass is 10.1. The zero-order chi connectivity index (χ0) is 20.7.